The van der Waals surface area contributed by atoms with E-state index in [-0.39, 0.29) is 23.4 Å². The van der Waals surface area contributed by atoms with Gasteiger partial charge in [0.1, 0.15) is 5.82 Å². The topological polar surface area (TPSA) is 48.6 Å². The van der Waals surface area contributed by atoms with Crippen LogP contribution in [0.15, 0.2) is 60.8 Å². The fourth-order valence-corrected chi connectivity index (χ4v) is 3.76. The zero-order chi connectivity index (χ0) is 18.1. The molecule has 0 radical (unpaired) electrons. The molecule has 4 rings (SSSR count). The van der Waals surface area contributed by atoms with Gasteiger partial charge in [0.05, 0.1) is 6.04 Å². The minimum absolute atomic E-state index is 0.0464. The number of hydrogen-bond donors (Lipinski definition) is 2. The van der Waals surface area contributed by atoms with Crippen LogP contribution in [0.1, 0.15) is 29.3 Å². The molecule has 0 bridgehead atoms. The largest absolute Gasteiger partial charge is 0.504 e. The maximum Gasteiger partial charge on any atom is 0.161 e. The molecule has 5 heteroatoms. The summed E-state index contributed by atoms with van der Waals surface area (Å²) in [6.07, 6.45) is 3.04. The lowest BCUT2D eigenvalue weighted by Gasteiger charge is -2.31. The lowest BCUT2D eigenvalue weighted by atomic mass is 10.0. The summed E-state index contributed by atoms with van der Waals surface area (Å²) in [5, 5.41) is 20.0. The molecule has 1 atom stereocenters. The van der Waals surface area contributed by atoms with Crippen molar-refractivity contribution in [2.24, 2.45) is 0 Å². The summed E-state index contributed by atoms with van der Waals surface area (Å²) < 4.78 is 15.7. The Hall–Kier alpha value is -2.79. The molecular weight excluding hydrogens is 331 g/mol. The van der Waals surface area contributed by atoms with Crippen molar-refractivity contribution in [3.8, 4) is 11.5 Å². The molecule has 1 unspecified atom stereocenters. The van der Waals surface area contributed by atoms with Crippen molar-refractivity contribution in [3.05, 3.63) is 83.4 Å². The fraction of sp³-hybridized carbons (Fsp3) is 0.238. The first-order chi connectivity index (χ1) is 12.6. The molecule has 0 fully saturated rings. The third kappa shape index (κ3) is 3.06. The van der Waals surface area contributed by atoms with Gasteiger partial charge in [-0.3, -0.25) is 4.90 Å². The molecule has 3 aromatic rings. The van der Waals surface area contributed by atoms with Crippen LogP contribution in [-0.2, 0) is 13.1 Å². The van der Waals surface area contributed by atoms with Gasteiger partial charge < -0.3 is 14.8 Å². The number of aromatic nitrogens is 1. The second-order valence-corrected chi connectivity index (χ2v) is 6.69. The molecule has 2 heterocycles. The van der Waals surface area contributed by atoms with Gasteiger partial charge in [-0.15, -0.1) is 0 Å². The minimum Gasteiger partial charge on any atom is -0.504 e. The summed E-state index contributed by atoms with van der Waals surface area (Å²) in [7, 11) is 0. The highest BCUT2D eigenvalue weighted by Crippen LogP contribution is 2.36. The van der Waals surface area contributed by atoms with Gasteiger partial charge in [0.2, 0.25) is 0 Å². The maximum atomic E-state index is 13.4. The van der Waals surface area contributed by atoms with Gasteiger partial charge in [0.25, 0.3) is 0 Å². The Morgan fingerprint density at radius 3 is 2.58 bits per heavy atom. The van der Waals surface area contributed by atoms with Crippen LogP contribution in [0.5, 0.6) is 11.5 Å². The first-order valence-electron chi connectivity index (χ1n) is 8.78. The summed E-state index contributed by atoms with van der Waals surface area (Å²) in [5.74, 6) is -0.445. The van der Waals surface area contributed by atoms with Crippen molar-refractivity contribution in [2.75, 3.05) is 6.54 Å². The number of para-hydroxylation sites is 1. The van der Waals surface area contributed by atoms with Crippen molar-refractivity contribution in [1.82, 2.24) is 9.47 Å². The van der Waals surface area contributed by atoms with Crippen LogP contribution in [-0.4, -0.2) is 26.2 Å². The Morgan fingerprint density at radius 2 is 1.77 bits per heavy atom. The van der Waals surface area contributed by atoms with Gasteiger partial charge in [-0.2, -0.15) is 0 Å². The molecule has 4 nitrogen and oxygen atoms in total. The third-order valence-electron chi connectivity index (χ3n) is 5.01. The molecule has 0 amide bonds. The number of rotatable bonds is 3. The van der Waals surface area contributed by atoms with E-state index >= 15 is 0 Å². The predicted octanol–water partition coefficient (Wildman–Crippen LogP) is 4.03. The van der Waals surface area contributed by atoms with Crippen molar-refractivity contribution in [2.45, 2.75) is 25.6 Å². The summed E-state index contributed by atoms with van der Waals surface area (Å²) in [4.78, 5) is 2.26. The van der Waals surface area contributed by atoms with Crippen LogP contribution in [0.25, 0.3) is 0 Å². The van der Waals surface area contributed by atoms with Crippen LogP contribution >= 0.6 is 0 Å². The number of aromatic hydroxyl groups is 2. The average molecular weight is 352 g/mol. The van der Waals surface area contributed by atoms with E-state index < -0.39 is 0 Å². The number of phenolic OH excluding ortho intramolecular Hbond substituents is 2. The first-order valence-corrected chi connectivity index (χ1v) is 8.78. The van der Waals surface area contributed by atoms with Crippen molar-refractivity contribution in [1.29, 1.82) is 0 Å². The van der Waals surface area contributed by atoms with Crippen molar-refractivity contribution >= 4 is 0 Å². The highest BCUT2D eigenvalue weighted by Gasteiger charge is 2.28. The zero-order valence-electron chi connectivity index (χ0n) is 14.3. The van der Waals surface area contributed by atoms with Gasteiger partial charge in [-0.25, -0.2) is 4.39 Å². The first kappa shape index (κ1) is 16.7. The monoisotopic (exact) mass is 352 g/mol. The van der Waals surface area contributed by atoms with Crippen LogP contribution in [0.4, 0.5) is 4.39 Å². The molecule has 0 saturated heterocycles. The van der Waals surface area contributed by atoms with E-state index in [0.717, 1.165) is 30.8 Å². The summed E-state index contributed by atoms with van der Waals surface area (Å²) in [5.41, 5.74) is 2.83. The molecule has 1 aliphatic rings. The summed E-state index contributed by atoms with van der Waals surface area (Å²) >= 11 is 0. The molecule has 0 saturated carbocycles. The van der Waals surface area contributed by atoms with Crippen LogP contribution in [0.3, 0.4) is 0 Å². The van der Waals surface area contributed by atoms with E-state index in [1.165, 1.54) is 18.2 Å². The normalized spacial score (nSPS) is 17.7. The van der Waals surface area contributed by atoms with Crippen LogP contribution in [0, 0.1) is 5.82 Å². The Morgan fingerprint density at radius 1 is 0.962 bits per heavy atom. The Kier molecular flexibility index (Phi) is 4.39. The standard InChI is InChI=1S/C21H21FN2O2/c22-17-9-7-15(8-10-17)20-18-5-2-11-23(18)12-3-13-24(20)14-16-4-1-6-19(25)21(16)26/h1-2,4-11,20,25-26H,3,12-14H2. The fourth-order valence-electron chi connectivity index (χ4n) is 3.76. The minimum atomic E-state index is -0.255. The number of aryl methyl sites for hydroxylation is 1. The number of hydrogen-bond acceptors (Lipinski definition) is 3. The van der Waals surface area contributed by atoms with Gasteiger partial charge in [-0.05, 0) is 42.3 Å². The molecule has 1 aromatic heterocycles. The Labute approximate surface area is 151 Å². The third-order valence-corrected chi connectivity index (χ3v) is 5.01. The van der Waals surface area contributed by atoms with E-state index in [9.17, 15) is 14.6 Å². The molecule has 2 N–H and O–H groups in total. The van der Waals surface area contributed by atoms with E-state index in [0.29, 0.717) is 12.1 Å². The van der Waals surface area contributed by atoms with Gasteiger partial charge in [-0.1, -0.05) is 24.3 Å². The zero-order valence-corrected chi connectivity index (χ0v) is 14.3. The molecule has 0 spiro atoms. The molecule has 1 aliphatic heterocycles. The molecule has 134 valence electrons. The number of phenols is 2. The molecule has 2 aromatic carbocycles. The van der Waals surface area contributed by atoms with Gasteiger partial charge >= 0.3 is 0 Å². The lowest BCUT2D eigenvalue weighted by molar-refractivity contribution is 0.217. The van der Waals surface area contributed by atoms with E-state index in [2.05, 4.69) is 21.7 Å². The van der Waals surface area contributed by atoms with E-state index in [1.807, 2.05) is 24.3 Å². The maximum absolute atomic E-state index is 13.4. The second-order valence-electron chi connectivity index (χ2n) is 6.69. The van der Waals surface area contributed by atoms with Crippen molar-refractivity contribution in [3.63, 3.8) is 0 Å². The smallest absolute Gasteiger partial charge is 0.161 e. The molecule has 26 heavy (non-hydrogen) atoms. The van der Waals surface area contributed by atoms with Crippen LogP contribution < -0.4 is 0 Å². The highest BCUT2D eigenvalue weighted by molar-refractivity contribution is 5.44. The van der Waals surface area contributed by atoms with E-state index in [4.69, 9.17) is 0 Å². The number of halogens is 1. The van der Waals surface area contributed by atoms with Gasteiger partial charge in [0, 0.05) is 37.1 Å². The average Bonchev–Trinajstić information content (AvgIpc) is 3.02. The number of benzene rings is 2. The number of fused-ring (bicyclic) bond motifs is 1. The van der Waals surface area contributed by atoms with Gasteiger partial charge in [0.15, 0.2) is 11.5 Å². The summed E-state index contributed by atoms with van der Waals surface area (Å²) in [6, 6.07) is 15.7. The lowest BCUT2D eigenvalue weighted by Crippen LogP contribution is -2.29. The second kappa shape index (κ2) is 6.84. The Bertz CT molecular complexity index is 905. The quantitative estimate of drug-likeness (QED) is 0.700. The molecule has 0 aliphatic carbocycles. The highest BCUT2D eigenvalue weighted by atomic mass is 19.1. The molecular formula is C21H21FN2O2. The summed E-state index contributed by atoms with van der Waals surface area (Å²) in [6.45, 7) is 2.24. The van der Waals surface area contributed by atoms with Crippen molar-refractivity contribution < 1.29 is 14.6 Å². The predicted molar refractivity (Wildman–Crippen MR) is 97.5 cm³/mol. The Balaban J connectivity index is 1.76. The van der Waals surface area contributed by atoms with E-state index in [1.54, 1.807) is 6.07 Å². The van der Waals surface area contributed by atoms with Crippen LogP contribution in [0.2, 0.25) is 0 Å². The SMILES string of the molecule is Oc1cccc(CN2CCCn3cccc3C2c2ccc(F)cc2)c1O. The number of nitrogens with zero attached hydrogens (tertiary/aromatic N) is 2.